The zero-order valence-corrected chi connectivity index (χ0v) is 17.3. The van der Waals surface area contributed by atoms with Gasteiger partial charge in [-0.2, -0.15) is 0 Å². The number of nitrogens with zero attached hydrogens (tertiary/aromatic N) is 2. The molecule has 1 aromatic carbocycles. The summed E-state index contributed by atoms with van der Waals surface area (Å²) >= 11 is 0. The first-order valence-electron chi connectivity index (χ1n) is 11.0. The average Bonchev–Trinajstić information content (AvgIpc) is 3.60. The molecule has 0 radical (unpaired) electrons. The summed E-state index contributed by atoms with van der Waals surface area (Å²) in [5.41, 5.74) is 0.715. The second-order valence-corrected chi connectivity index (χ2v) is 8.63. The molecular formula is C23H32N2O4. The summed E-state index contributed by atoms with van der Waals surface area (Å²) in [4.78, 5) is 28.8. The van der Waals surface area contributed by atoms with Crippen LogP contribution in [0.2, 0.25) is 0 Å². The average molecular weight is 401 g/mol. The molecule has 2 aliphatic heterocycles. The van der Waals surface area contributed by atoms with Gasteiger partial charge in [-0.3, -0.25) is 9.59 Å². The largest absolute Gasteiger partial charge is 0.490 e. The molecule has 29 heavy (non-hydrogen) atoms. The first kappa shape index (κ1) is 20.2. The van der Waals surface area contributed by atoms with Gasteiger partial charge in [-0.15, -0.1) is 0 Å². The Morgan fingerprint density at radius 3 is 2.10 bits per heavy atom. The summed E-state index contributed by atoms with van der Waals surface area (Å²) in [5.74, 6) is 2.08. The zero-order chi connectivity index (χ0) is 20.2. The van der Waals surface area contributed by atoms with Crippen molar-refractivity contribution in [1.82, 2.24) is 9.80 Å². The van der Waals surface area contributed by atoms with E-state index < -0.39 is 0 Å². The highest BCUT2D eigenvalue weighted by Gasteiger charge is 2.35. The third-order valence-electron chi connectivity index (χ3n) is 6.39. The fraction of sp³-hybridized carbons (Fsp3) is 0.652. The number of likely N-dealkylation sites (tertiary alicyclic amines) is 2. The fourth-order valence-electron chi connectivity index (χ4n) is 4.37. The maximum absolute atomic E-state index is 12.7. The molecule has 0 unspecified atom stereocenters. The third kappa shape index (κ3) is 5.10. The lowest BCUT2D eigenvalue weighted by Crippen LogP contribution is -2.42. The molecule has 2 heterocycles. The predicted octanol–water partition coefficient (Wildman–Crippen LogP) is 2.97. The Labute approximate surface area is 173 Å². The minimum Gasteiger partial charge on any atom is -0.490 e. The summed E-state index contributed by atoms with van der Waals surface area (Å²) < 4.78 is 11.3. The number of carbonyl (C=O) groups is 2. The molecule has 3 aliphatic rings. The van der Waals surface area contributed by atoms with Crippen molar-refractivity contribution in [1.29, 1.82) is 0 Å². The van der Waals surface area contributed by atoms with Crippen LogP contribution in [0.3, 0.4) is 0 Å². The molecular weight excluding hydrogens is 368 g/mol. The number of ether oxygens (including phenoxy) is 2. The van der Waals surface area contributed by atoms with Gasteiger partial charge in [0.2, 0.25) is 5.91 Å². The van der Waals surface area contributed by atoms with E-state index in [-0.39, 0.29) is 12.0 Å². The van der Waals surface area contributed by atoms with Crippen molar-refractivity contribution in [3.8, 4) is 5.75 Å². The van der Waals surface area contributed by atoms with E-state index in [9.17, 15) is 9.59 Å². The smallest absolute Gasteiger partial charge is 0.253 e. The van der Waals surface area contributed by atoms with Gasteiger partial charge in [0.15, 0.2) is 0 Å². The van der Waals surface area contributed by atoms with E-state index in [4.69, 9.17) is 9.47 Å². The number of hydrogen-bond acceptors (Lipinski definition) is 4. The number of piperidine rings is 2. The predicted molar refractivity (Wildman–Crippen MR) is 110 cm³/mol. The molecule has 3 fully saturated rings. The molecule has 1 aliphatic carbocycles. The van der Waals surface area contributed by atoms with Crippen molar-refractivity contribution < 1.29 is 19.1 Å². The molecule has 0 spiro atoms. The summed E-state index contributed by atoms with van der Waals surface area (Å²) in [6.45, 7) is 3.94. The molecule has 0 bridgehead atoms. The first-order chi connectivity index (χ1) is 14.1. The third-order valence-corrected chi connectivity index (χ3v) is 6.39. The molecule has 6 heteroatoms. The van der Waals surface area contributed by atoms with Crippen LogP contribution in [-0.4, -0.2) is 67.6 Å². The molecule has 2 amide bonds. The topological polar surface area (TPSA) is 59.1 Å². The van der Waals surface area contributed by atoms with Crippen molar-refractivity contribution >= 4 is 11.8 Å². The quantitative estimate of drug-likeness (QED) is 0.737. The van der Waals surface area contributed by atoms with Gasteiger partial charge in [-0.25, -0.2) is 0 Å². The monoisotopic (exact) mass is 400 g/mol. The van der Waals surface area contributed by atoms with Gasteiger partial charge in [0, 0.05) is 64.2 Å². The lowest BCUT2D eigenvalue weighted by molar-refractivity contribution is -0.134. The highest BCUT2D eigenvalue weighted by molar-refractivity contribution is 5.94. The Kier molecular flexibility index (Phi) is 6.38. The van der Waals surface area contributed by atoms with Crippen LogP contribution in [0.5, 0.6) is 5.75 Å². The minimum atomic E-state index is 0.0966. The Morgan fingerprint density at radius 2 is 1.52 bits per heavy atom. The molecule has 158 valence electrons. The van der Waals surface area contributed by atoms with Crippen LogP contribution in [0.25, 0.3) is 0 Å². The van der Waals surface area contributed by atoms with Gasteiger partial charge >= 0.3 is 0 Å². The van der Waals surface area contributed by atoms with Crippen LogP contribution in [0.15, 0.2) is 24.3 Å². The van der Waals surface area contributed by atoms with E-state index in [0.717, 1.165) is 77.1 Å². The van der Waals surface area contributed by atoms with Crippen molar-refractivity contribution in [2.24, 2.45) is 11.8 Å². The number of hydrogen-bond donors (Lipinski definition) is 0. The summed E-state index contributed by atoms with van der Waals surface area (Å²) in [5, 5.41) is 0. The first-order valence-corrected chi connectivity index (χ1v) is 11.0. The van der Waals surface area contributed by atoms with Crippen LogP contribution in [0.1, 0.15) is 48.9 Å². The van der Waals surface area contributed by atoms with E-state index >= 15 is 0 Å². The van der Waals surface area contributed by atoms with E-state index in [0.29, 0.717) is 23.3 Å². The van der Waals surface area contributed by atoms with Gasteiger partial charge in [0.1, 0.15) is 11.9 Å². The van der Waals surface area contributed by atoms with Gasteiger partial charge in [-0.1, -0.05) is 0 Å². The Hall–Kier alpha value is -2.08. The van der Waals surface area contributed by atoms with Crippen LogP contribution in [0, 0.1) is 11.8 Å². The van der Waals surface area contributed by atoms with E-state index in [1.54, 1.807) is 7.11 Å². The Balaban J connectivity index is 1.24. The zero-order valence-electron chi connectivity index (χ0n) is 17.3. The van der Waals surface area contributed by atoms with Gasteiger partial charge < -0.3 is 19.3 Å². The standard InChI is InChI=1S/C23H32N2O4/c1-28-16-17-8-12-24(13-9-17)23(27)19-4-6-20(7-5-19)29-21-10-14-25(15-11-21)22(26)18-2-3-18/h4-7,17-18,21H,2-3,8-16H2,1H3. The summed E-state index contributed by atoms with van der Waals surface area (Å²) in [6, 6.07) is 7.52. The summed E-state index contributed by atoms with van der Waals surface area (Å²) in [7, 11) is 1.73. The molecule has 2 saturated heterocycles. The molecule has 6 nitrogen and oxygen atoms in total. The Morgan fingerprint density at radius 1 is 0.897 bits per heavy atom. The highest BCUT2D eigenvalue weighted by atomic mass is 16.5. The van der Waals surface area contributed by atoms with Crippen LogP contribution in [0.4, 0.5) is 0 Å². The SMILES string of the molecule is COCC1CCN(C(=O)c2ccc(OC3CCN(C(=O)C4CC4)CC3)cc2)CC1. The molecule has 0 aromatic heterocycles. The second-order valence-electron chi connectivity index (χ2n) is 8.63. The van der Waals surface area contributed by atoms with E-state index in [1.807, 2.05) is 34.1 Å². The van der Waals surface area contributed by atoms with Crippen molar-refractivity contribution in [3.63, 3.8) is 0 Å². The molecule has 0 N–H and O–H groups in total. The molecule has 1 saturated carbocycles. The molecule has 4 rings (SSSR count). The van der Waals surface area contributed by atoms with E-state index in [1.165, 1.54) is 0 Å². The number of rotatable bonds is 6. The van der Waals surface area contributed by atoms with Gasteiger partial charge in [0.05, 0.1) is 0 Å². The number of amides is 2. The van der Waals surface area contributed by atoms with Crippen LogP contribution in [-0.2, 0) is 9.53 Å². The molecule has 0 atom stereocenters. The van der Waals surface area contributed by atoms with Crippen LogP contribution < -0.4 is 4.74 Å². The van der Waals surface area contributed by atoms with Crippen LogP contribution >= 0.6 is 0 Å². The lowest BCUT2D eigenvalue weighted by Gasteiger charge is -2.32. The normalized spacial score (nSPS) is 21.3. The Bertz CT molecular complexity index is 700. The number of carbonyl (C=O) groups excluding carboxylic acids is 2. The van der Waals surface area contributed by atoms with E-state index in [2.05, 4.69) is 0 Å². The van der Waals surface area contributed by atoms with Gasteiger partial charge in [0.25, 0.3) is 5.91 Å². The maximum Gasteiger partial charge on any atom is 0.253 e. The van der Waals surface area contributed by atoms with Gasteiger partial charge in [-0.05, 0) is 55.9 Å². The molecule has 1 aromatic rings. The fourth-order valence-corrected chi connectivity index (χ4v) is 4.37. The second kappa shape index (κ2) is 9.16. The van der Waals surface area contributed by atoms with Crippen molar-refractivity contribution in [3.05, 3.63) is 29.8 Å². The summed E-state index contributed by atoms with van der Waals surface area (Å²) in [6.07, 6.45) is 6.01. The maximum atomic E-state index is 12.7. The van der Waals surface area contributed by atoms with Crippen molar-refractivity contribution in [2.75, 3.05) is 39.9 Å². The number of benzene rings is 1. The highest BCUT2D eigenvalue weighted by Crippen LogP contribution is 2.32. The minimum absolute atomic E-state index is 0.0966. The number of methoxy groups -OCH3 is 1. The lowest BCUT2D eigenvalue weighted by atomic mass is 9.97. The van der Waals surface area contributed by atoms with Crippen molar-refractivity contribution in [2.45, 2.75) is 44.6 Å².